The fraction of sp³-hybridized carbons (Fsp3) is 0.923. The van der Waals surface area contributed by atoms with Crippen LogP contribution in [0.5, 0.6) is 0 Å². The van der Waals surface area contributed by atoms with Crippen LogP contribution in [0.1, 0.15) is 86.0 Å². The van der Waals surface area contributed by atoms with Gasteiger partial charge in [-0.2, -0.15) is 0 Å². The number of fused-ring (bicyclic) bond motifs is 5. The summed E-state index contributed by atoms with van der Waals surface area (Å²) < 4.78 is 18.6. The van der Waals surface area contributed by atoms with Crippen LogP contribution in [-0.4, -0.2) is 24.7 Å². The lowest BCUT2D eigenvalue weighted by Crippen LogP contribution is -2.53. The van der Waals surface area contributed by atoms with Crippen LogP contribution in [0.3, 0.4) is 0 Å². The summed E-state index contributed by atoms with van der Waals surface area (Å²) in [6, 6.07) is 0. The molecule has 6 heteroatoms. The van der Waals surface area contributed by atoms with Gasteiger partial charge in [-0.1, -0.05) is 40.7 Å². The van der Waals surface area contributed by atoms with E-state index in [1.165, 1.54) is 32.1 Å². The van der Waals surface area contributed by atoms with E-state index in [1.807, 2.05) is 6.08 Å². The lowest BCUT2D eigenvalue weighted by atomic mass is 9.45. The van der Waals surface area contributed by atoms with Crippen molar-refractivity contribution in [2.24, 2.45) is 40.4 Å². The van der Waals surface area contributed by atoms with Crippen LogP contribution in [-0.2, 0) is 8.99 Å². The second-order valence-corrected chi connectivity index (χ2v) is 20.1. The van der Waals surface area contributed by atoms with Crippen LogP contribution in [0.15, 0.2) is 11.4 Å². The molecule has 0 heterocycles. The first kappa shape index (κ1) is 25.2. The molecule has 3 fully saturated rings. The van der Waals surface area contributed by atoms with Gasteiger partial charge >= 0.3 is 7.60 Å². The van der Waals surface area contributed by atoms with Crippen LogP contribution >= 0.6 is 7.60 Å². The molecule has 0 unspecified atom stereocenters. The Hall–Kier alpha value is 0.0669. The van der Waals surface area contributed by atoms with E-state index < -0.39 is 15.9 Å². The van der Waals surface area contributed by atoms with Gasteiger partial charge in [0, 0.05) is 11.9 Å². The molecule has 184 valence electrons. The van der Waals surface area contributed by atoms with Crippen LogP contribution < -0.4 is 0 Å². The second-order valence-electron chi connectivity index (χ2n) is 13.7. The number of hydrogen-bond donors (Lipinski definition) is 2. The number of allylic oxidation sites excluding steroid dienone is 2. The molecular weight excluding hydrogens is 435 g/mol. The molecule has 0 aromatic heterocycles. The smallest absolute Gasteiger partial charge is 0.351 e. The largest absolute Gasteiger partial charge is 0.417 e. The van der Waals surface area contributed by atoms with Crippen LogP contribution in [0.2, 0.25) is 18.1 Å². The molecule has 3 saturated carbocycles. The van der Waals surface area contributed by atoms with Crippen LogP contribution in [0.25, 0.3) is 0 Å². The van der Waals surface area contributed by atoms with Gasteiger partial charge in [0.25, 0.3) is 0 Å². The van der Waals surface area contributed by atoms with E-state index in [-0.39, 0.29) is 10.5 Å². The molecule has 4 nitrogen and oxygen atoms in total. The summed E-state index contributed by atoms with van der Waals surface area (Å²) in [6.07, 6.45) is 11.1. The molecule has 0 saturated heterocycles. The SMILES string of the molecule is CC(C)(C)[Si](C)(C)OC[C@H]1CC[C@H]2[C@@H]3CC[C@H]4C=C(P(=O)(O)O)CC[C@]4(C)[C@H]3CC[C@]12C. The first-order valence-corrected chi connectivity index (χ1v) is 17.5. The van der Waals surface area contributed by atoms with E-state index in [9.17, 15) is 14.4 Å². The highest BCUT2D eigenvalue weighted by Crippen LogP contribution is 2.68. The highest BCUT2D eigenvalue weighted by Gasteiger charge is 2.60. The van der Waals surface area contributed by atoms with Gasteiger partial charge < -0.3 is 14.2 Å². The summed E-state index contributed by atoms with van der Waals surface area (Å²) in [5.41, 5.74) is 0.604. The molecule has 4 aliphatic rings. The Morgan fingerprint density at radius 1 is 1.03 bits per heavy atom. The zero-order valence-corrected chi connectivity index (χ0v) is 23.4. The molecule has 2 N–H and O–H groups in total. The third-order valence-electron chi connectivity index (χ3n) is 11.3. The number of rotatable bonds is 4. The minimum absolute atomic E-state index is 0.207. The second kappa shape index (κ2) is 8.05. The fourth-order valence-corrected chi connectivity index (χ4v) is 9.82. The zero-order chi connectivity index (χ0) is 23.7. The molecule has 32 heavy (non-hydrogen) atoms. The average Bonchev–Trinajstić information content (AvgIpc) is 3.00. The molecule has 0 spiro atoms. The van der Waals surface area contributed by atoms with Crippen LogP contribution in [0.4, 0.5) is 0 Å². The maximum atomic E-state index is 11.9. The van der Waals surface area contributed by atoms with Crippen molar-refractivity contribution >= 4 is 15.9 Å². The van der Waals surface area contributed by atoms with E-state index in [0.29, 0.717) is 34.9 Å². The van der Waals surface area contributed by atoms with Crippen molar-refractivity contribution in [2.45, 2.75) is 104 Å². The number of hydrogen-bond acceptors (Lipinski definition) is 2. The van der Waals surface area contributed by atoms with E-state index in [4.69, 9.17) is 4.43 Å². The van der Waals surface area contributed by atoms with Crippen molar-refractivity contribution in [1.29, 1.82) is 0 Å². The standard InChI is InChI=1S/C26H47O4PSi/c1-24(2,3)32(6,7)30-17-19-9-11-22-21-10-8-18-16-20(31(27,28)29)12-14-25(18,4)23(21)13-15-26(19,22)5/h16,18-19,21-23H,8-15,17H2,1-7H3,(H2,27,28,29)/t18-,19+,21-,22-,23-,25-,26+/m0/s1. The van der Waals surface area contributed by atoms with E-state index in [1.54, 1.807) is 0 Å². The summed E-state index contributed by atoms with van der Waals surface area (Å²) in [7, 11) is -5.81. The fourth-order valence-electron chi connectivity index (χ4n) is 7.99. The molecule has 0 amide bonds. The predicted molar refractivity (Wildman–Crippen MR) is 134 cm³/mol. The molecule has 4 rings (SSSR count). The topological polar surface area (TPSA) is 66.8 Å². The van der Waals surface area contributed by atoms with Gasteiger partial charge in [0.05, 0.1) is 0 Å². The van der Waals surface area contributed by atoms with Gasteiger partial charge in [0.2, 0.25) is 0 Å². The summed E-state index contributed by atoms with van der Waals surface area (Å²) >= 11 is 0. The normalized spacial score (nSPS) is 42.7. The molecule has 0 bridgehead atoms. The molecule has 4 aliphatic carbocycles. The van der Waals surface area contributed by atoms with Gasteiger partial charge in [-0.3, -0.25) is 4.57 Å². The minimum atomic E-state index is -4.09. The van der Waals surface area contributed by atoms with Crippen molar-refractivity contribution in [3.8, 4) is 0 Å². The summed E-state index contributed by atoms with van der Waals surface area (Å²) in [5.74, 6) is 3.29. The first-order chi connectivity index (χ1) is 14.6. The van der Waals surface area contributed by atoms with E-state index >= 15 is 0 Å². The quantitative estimate of drug-likeness (QED) is 0.325. The molecule has 0 radical (unpaired) electrons. The molecular formula is C26H47O4PSi. The van der Waals surface area contributed by atoms with E-state index in [2.05, 4.69) is 47.7 Å². The minimum Gasteiger partial charge on any atom is -0.417 e. The average molecular weight is 483 g/mol. The predicted octanol–water partition coefficient (Wildman–Crippen LogP) is 7.34. The summed E-state index contributed by atoms with van der Waals surface area (Å²) in [4.78, 5) is 19.5. The lowest BCUT2D eigenvalue weighted by molar-refractivity contribution is -0.0943. The first-order valence-electron chi connectivity index (χ1n) is 13.0. The maximum Gasteiger partial charge on any atom is 0.351 e. The molecule has 0 aromatic rings. The van der Waals surface area contributed by atoms with Gasteiger partial charge in [0.15, 0.2) is 8.32 Å². The molecule has 0 aromatic carbocycles. The van der Waals surface area contributed by atoms with Gasteiger partial charge in [-0.05, 0) is 110 Å². The Labute approximate surface area is 197 Å². The van der Waals surface area contributed by atoms with Crippen molar-refractivity contribution in [3.63, 3.8) is 0 Å². The third kappa shape index (κ3) is 4.06. The van der Waals surface area contributed by atoms with Crippen molar-refractivity contribution in [2.75, 3.05) is 6.61 Å². The molecule has 0 aliphatic heterocycles. The van der Waals surface area contributed by atoms with Gasteiger partial charge in [-0.15, -0.1) is 0 Å². The summed E-state index contributed by atoms with van der Waals surface area (Å²) in [6.45, 7) is 17.7. The van der Waals surface area contributed by atoms with Crippen LogP contribution in [0, 0.1) is 40.4 Å². The monoisotopic (exact) mass is 482 g/mol. The Kier molecular flexibility index (Phi) is 6.33. The Morgan fingerprint density at radius 2 is 1.69 bits per heavy atom. The van der Waals surface area contributed by atoms with Gasteiger partial charge in [0.1, 0.15) is 0 Å². The highest BCUT2D eigenvalue weighted by atomic mass is 31.2. The van der Waals surface area contributed by atoms with E-state index in [0.717, 1.165) is 31.3 Å². The highest BCUT2D eigenvalue weighted by molar-refractivity contribution is 7.56. The Bertz CT molecular complexity index is 811. The maximum absolute atomic E-state index is 11.9. The lowest BCUT2D eigenvalue weighted by Gasteiger charge is -2.60. The van der Waals surface area contributed by atoms with Crippen molar-refractivity contribution in [1.82, 2.24) is 0 Å². The molecule has 7 atom stereocenters. The van der Waals surface area contributed by atoms with Crippen molar-refractivity contribution in [3.05, 3.63) is 11.4 Å². The van der Waals surface area contributed by atoms with Crippen molar-refractivity contribution < 1.29 is 18.8 Å². The zero-order valence-electron chi connectivity index (χ0n) is 21.5. The third-order valence-corrected chi connectivity index (χ3v) is 16.9. The Balaban J connectivity index is 1.50. The Morgan fingerprint density at radius 3 is 2.31 bits per heavy atom. The summed E-state index contributed by atoms with van der Waals surface area (Å²) in [5, 5.41) is 0.666. The van der Waals surface area contributed by atoms with Gasteiger partial charge in [-0.25, -0.2) is 0 Å².